The van der Waals surface area contributed by atoms with Crippen molar-refractivity contribution in [2.75, 3.05) is 0 Å². The van der Waals surface area contributed by atoms with Gasteiger partial charge in [0.15, 0.2) is 11.8 Å². The second-order valence-corrected chi connectivity index (χ2v) is 8.43. The highest BCUT2D eigenvalue weighted by Crippen LogP contribution is 2.60. The molecule has 4 aliphatic rings. The highest BCUT2D eigenvalue weighted by Gasteiger charge is 2.62. The third kappa shape index (κ3) is 1.68. The summed E-state index contributed by atoms with van der Waals surface area (Å²) in [7, 11) is 0. The van der Waals surface area contributed by atoms with Gasteiger partial charge in [-0.25, -0.2) is 0 Å². The number of hydrogen-bond donors (Lipinski definition) is 0. The van der Waals surface area contributed by atoms with Gasteiger partial charge in [-0.3, -0.25) is 0 Å². The van der Waals surface area contributed by atoms with Gasteiger partial charge in [-0.1, -0.05) is 72.8 Å². The van der Waals surface area contributed by atoms with E-state index in [-0.39, 0.29) is 11.0 Å². The molecular weight excluding hydrogens is 326 g/mol. The van der Waals surface area contributed by atoms with Crippen LogP contribution < -0.4 is 0 Å². The summed E-state index contributed by atoms with van der Waals surface area (Å²) in [6, 6.07) is 28.9. The van der Waals surface area contributed by atoms with Gasteiger partial charge in [-0.15, -0.1) is 0 Å². The van der Waals surface area contributed by atoms with Crippen LogP contribution in [0.5, 0.6) is 0 Å². The largest absolute Gasteiger partial charge is 0.205 e. The molecule has 1 heterocycles. The van der Waals surface area contributed by atoms with Crippen molar-refractivity contribution >= 4 is 11.9 Å². The second kappa shape index (κ2) is 4.86. The van der Waals surface area contributed by atoms with Gasteiger partial charge in [-0.05, 0) is 22.3 Å². The Morgan fingerprint density at radius 1 is 0.704 bits per heavy atom. The summed E-state index contributed by atoms with van der Waals surface area (Å²) in [5.74, 6) is 0.359. The number of nitrogens with zero attached hydrogens (tertiary/aromatic N) is 1. The molecule has 0 saturated carbocycles. The Bertz CT molecular complexity index is 1100. The van der Waals surface area contributed by atoms with Gasteiger partial charge in [0.2, 0.25) is 5.69 Å². The molecule has 0 radical (unpaired) electrons. The molecule has 7 rings (SSSR count). The van der Waals surface area contributed by atoms with E-state index < -0.39 is 0 Å². The zero-order chi connectivity index (χ0) is 18.2. The maximum Gasteiger partial charge on any atom is 0.205 e. The van der Waals surface area contributed by atoms with Crippen LogP contribution in [0.15, 0.2) is 90.5 Å². The molecule has 0 fully saturated rings. The number of hydrogen-bond acceptors (Lipinski definition) is 0. The van der Waals surface area contributed by atoms with E-state index in [1.807, 2.05) is 0 Å². The van der Waals surface area contributed by atoms with Crippen molar-refractivity contribution < 1.29 is 4.58 Å². The molecule has 2 bridgehead atoms. The van der Waals surface area contributed by atoms with Crippen molar-refractivity contribution in [1.82, 2.24) is 0 Å². The minimum absolute atomic E-state index is 0.0688. The Morgan fingerprint density at radius 3 is 1.89 bits per heavy atom. The molecule has 1 aliphatic heterocycles. The third-order valence-corrected chi connectivity index (χ3v) is 6.82. The maximum atomic E-state index is 2.55. The predicted molar refractivity (Wildman–Crippen MR) is 110 cm³/mol. The Balaban J connectivity index is 1.75. The normalized spacial score (nSPS) is 25.9. The molecule has 3 aromatic carbocycles. The van der Waals surface area contributed by atoms with Gasteiger partial charge in [0.25, 0.3) is 0 Å². The molecule has 0 aromatic heterocycles. The minimum atomic E-state index is -0.165. The predicted octanol–water partition coefficient (Wildman–Crippen LogP) is 5.57. The van der Waals surface area contributed by atoms with Gasteiger partial charge < -0.3 is 0 Å². The van der Waals surface area contributed by atoms with E-state index in [1.165, 1.54) is 33.5 Å². The minimum Gasteiger partial charge on any atom is -0.192 e. The van der Waals surface area contributed by atoms with E-state index in [2.05, 4.69) is 110 Å². The lowest BCUT2D eigenvalue weighted by Crippen LogP contribution is -2.43. The molecule has 3 aromatic rings. The molecule has 1 heteroatoms. The van der Waals surface area contributed by atoms with Gasteiger partial charge >= 0.3 is 0 Å². The number of para-hydroxylation sites is 1. The Labute approximate surface area is 160 Å². The van der Waals surface area contributed by atoms with Gasteiger partial charge in [0.05, 0.1) is 0 Å². The van der Waals surface area contributed by atoms with E-state index in [9.17, 15) is 0 Å². The highest BCUT2D eigenvalue weighted by atomic mass is 15.1. The van der Waals surface area contributed by atoms with Gasteiger partial charge in [0, 0.05) is 37.5 Å². The Morgan fingerprint density at radius 2 is 1.26 bits per heavy atom. The van der Waals surface area contributed by atoms with Gasteiger partial charge in [-0.2, -0.15) is 4.58 Å². The van der Waals surface area contributed by atoms with Crippen molar-refractivity contribution in [3.63, 3.8) is 0 Å². The molecule has 0 saturated heterocycles. The molecular formula is C26H22N+. The summed E-state index contributed by atoms with van der Waals surface area (Å²) < 4.78 is 2.49. The highest BCUT2D eigenvalue weighted by molar-refractivity contribution is 5.91. The summed E-state index contributed by atoms with van der Waals surface area (Å²) in [6.07, 6.45) is 5.03. The zero-order valence-electron chi connectivity index (χ0n) is 15.7. The fourth-order valence-corrected chi connectivity index (χ4v) is 5.70. The van der Waals surface area contributed by atoms with E-state index in [4.69, 9.17) is 0 Å². The SMILES string of the molecule is CC1(C)C2=CC3c4ccccc4C2(C=[N+]1c1ccccc1)c1ccccc13. The molecule has 130 valence electrons. The van der Waals surface area contributed by atoms with Crippen LogP contribution >= 0.6 is 0 Å². The van der Waals surface area contributed by atoms with Crippen LogP contribution in [0.1, 0.15) is 42.0 Å². The van der Waals surface area contributed by atoms with E-state index in [0.717, 1.165) is 0 Å². The van der Waals surface area contributed by atoms with Crippen LogP contribution in [0, 0.1) is 0 Å². The molecule has 0 atom stereocenters. The molecule has 27 heavy (non-hydrogen) atoms. The van der Waals surface area contributed by atoms with Crippen molar-refractivity contribution in [1.29, 1.82) is 0 Å². The topological polar surface area (TPSA) is 3.01 Å². The summed E-state index contributed by atoms with van der Waals surface area (Å²) in [4.78, 5) is 0. The van der Waals surface area contributed by atoms with E-state index in [0.29, 0.717) is 5.92 Å². The average molecular weight is 348 g/mol. The number of rotatable bonds is 1. The first-order valence-electron chi connectivity index (χ1n) is 9.76. The molecule has 3 aliphatic carbocycles. The Hall–Kier alpha value is -2.93. The van der Waals surface area contributed by atoms with Crippen LogP contribution in [-0.2, 0) is 5.41 Å². The Kier molecular flexibility index (Phi) is 2.73. The molecule has 0 N–H and O–H groups in total. The summed E-state index contributed by atoms with van der Waals surface area (Å²) in [5, 5.41) is 0. The first kappa shape index (κ1) is 15.2. The first-order valence-corrected chi connectivity index (χ1v) is 9.76. The lowest BCUT2D eigenvalue weighted by molar-refractivity contribution is -0.501. The van der Waals surface area contributed by atoms with E-state index >= 15 is 0 Å². The smallest absolute Gasteiger partial charge is 0.192 e. The summed E-state index contributed by atoms with van der Waals surface area (Å²) >= 11 is 0. The van der Waals surface area contributed by atoms with Crippen molar-refractivity contribution in [2.24, 2.45) is 0 Å². The molecule has 1 nitrogen and oxygen atoms in total. The third-order valence-electron chi connectivity index (χ3n) is 6.82. The van der Waals surface area contributed by atoms with Gasteiger partial charge in [0.1, 0.15) is 5.41 Å². The van der Waals surface area contributed by atoms with Crippen LogP contribution in [-0.4, -0.2) is 16.3 Å². The maximum absolute atomic E-state index is 2.55. The summed E-state index contributed by atoms with van der Waals surface area (Å²) in [6.45, 7) is 4.73. The lowest BCUT2D eigenvalue weighted by atomic mass is 9.54. The fourth-order valence-electron chi connectivity index (χ4n) is 5.70. The fraction of sp³-hybridized carbons (Fsp3) is 0.192. The number of benzene rings is 3. The second-order valence-electron chi connectivity index (χ2n) is 8.43. The first-order chi connectivity index (χ1) is 13.1. The van der Waals surface area contributed by atoms with Crippen LogP contribution in [0.3, 0.4) is 0 Å². The quantitative estimate of drug-likeness (QED) is 0.400. The summed E-state index contributed by atoms with van der Waals surface area (Å²) in [5.41, 5.74) is 8.37. The molecule has 1 spiro atoms. The van der Waals surface area contributed by atoms with E-state index in [1.54, 1.807) is 0 Å². The molecule has 0 unspecified atom stereocenters. The van der Waals surface area contributed by atoms with Crippen LogP contribution in [0.25, 0.3) is 0 Å². The lowest BCUT2D eigenvalue weighted by Gasteiger charge is -2.44. The van der Waals surface area contributed by atoms with Crippen LogP contribution in [0.2, 0.25) is 0 Å². The standard InChI is InChI=1S/C26H22N/c1-25(2)24-16-21-19-12-6-8-14-22(19)26(24,23-15-9-7-13-20(21)23)17-27(25)18-10-4-3-5-11-18/h3-17,21H,1-2H3/q+1. The van der Waals surface area contributed by atoms with Crippen LogP contribution in [0.4, 0.5) is 5.69 Å². The zero-order valence-corrected chi connectivity index (χ0v) is 15.7. The average Bonchev–Trinajstić information content (AvgIpc) is 2.98. The van der Waals surface area contributed by atoms with Crippen molar-refractivity contribution in [3.8, 4) is 0 Å². The number of allylic oxidation sites excluding steroid dienone is 1. The monoisotopic (exact) mass is 348 g/mol. The van der Waals surface area contributed by atoms with Crippen molar-refractivity contribution in [3.05, 3.63) is 113 Å². The van der Waals surface area contributed by atoms with Crippen molar-refractivity contribution in [2.45, 2.75) is 30.7 Å². The molecule has 0 amide bonds.